The van der Waals surface area contributed by atoms with Crippen molar-refractivity contribution in [3.05, 3.63) is 41.3 Å². The summed E-state index contributed by atoms with van der Waals surface area (Å²) in [4.78, 5) is 1.31. The van der Waals surface area contributed by atoms with Gasteiger partial charge in [0.15, 0.2) is 0 Å². The monoisotopic (exact) mass is 206 g/mol. The lowest BCUT2D eigenvalue weighted by Crippen LogP contribution is -2.10. The molecule has 0 spiro atoms. The minimum atomic E-state index is 0.226. The van der Waals surface area contributed by atoms with Crippen molar-refractivity contribution in [2.45, 2.75) is 38.0 Å². The van der Waals surface area contributed by atoms with Crippen LogP contribution in [0.2, 0.25) is 0 Å². The van der Waals surface area contributed by atoms with Crippen LogP contribution in [-0.2, 0) is 5.41 Å². The summed E-state index contributed by atoms with van der Waals surface area (Å²) in [7, 11) is 0. The second-order valence-electron chi connectivity index (χ2n) is 4.51. The normalized spacial score (nSPS) is 11.4. The van der Waals surface area contributed by atoms with Crippen molar-refractivity contribution in [1.82, 2.24) is 0 Å². The highest BCUT2D eigenvalue weighted by atomic mass is 32.2. The average molecular weight is 206 g/mol. The minimum absolute atomic E-state index is 0.226. The van der Waals surface area contributed by atoms with E-state index in [1.54, 1.807) is 11.8 Å². The molecule has 0 saturated carbocycles. The average Bonchev–Trinajstić information content (AvgIpc) is 2.07. The summed E-state index contributed by atoms with van der Waals surface area (Å²) in [6.45, 7) is 12.6. The molecule has 0 radical (unpaired) electrons. The minimum Gasteiger partial charge on any atom is -0.0984 e. The van der Waals surface area contributed by atoms with E-state index in [-0.39, 0.29) is 5.41 Å². The van der Waals surface area contributed by atoms with Crippen LogP contribution in [-0.4, -0.2) is 0 Å². The lowest BCUT2D eigenvalue weighted by Gasteiger charge is -2.20. The Morgan fingerprint density at radius 1 is 1.29 bits per heavy atom. The Bertz CT molecular complexity index is 332. The first-order chi connectivity index (χ1) is 6.45. The van der Waals surface area contributed by atoms with Gasteiger partial charge in [-0.25, -0.2) is 0 Å². The highest BCUT2D eigenvalue weighted by Crippen LogP contribution is 2.29. The third-order valence-corrected chi connectivity index (χ3v) is 3.12. The maximum Gasteiger partial charge on any atom is 0.0148 e. The number of thioether (sulfide) groups is 1. The molecule has 0 N–H and O–H groups in total. The van der Waals surface area contributed by atoms with Gasteiger partial charge in [-0.2, -0.15) is 0 Å². The molecule has 1 aromatic carbocycles. The van der Waals surface area contributed by atoms with Crippen molar-refractivity contribution in [2.75, 3.05) is 0 Å². The van der Waals surface area contributed by atoms with Crippen molar-refractivity contribution in [2.24, 2.45) is 0 Å². The number of hydrogen-bond acceptors (Lipinski definition) is 1. The Morgan fingerprint density at radius 3 is 2.43 bits per heavy atom. The molecule has 0 heterocycles. The Kier molecular flexibility index (Phi) is 3.43. The third-order valence-electron chi connectivity index (χ3n) is 2.26. The smallest absolute Gasteiger partial charge is 0.0148 e. The first-order valence-corrected chi connectivity index (χ1v) is 5.72. The molecule has 76 valence electrons. The zero-order chi connectivity index (χ0) is 10.8. The number of benzene rings is 1. The van der Waals surface area contributed by atoms with E-state index < -0.39 is 0 Å². The summed E-state index contributed by atoms with van der Waals surface area (Å²) < 4.78 is 0. The maximum absolute atomic E-state index is 3.75. The predicted octanol–water partition coefficient (Wildman–Crippen LogP) is 4.53. The van der Waals surface area contributed by atoms with Crippen LogP contribution >= 0.6 is 11.8 Å². The van der Waals surface area contributed by atoms with E-state index in [1.807, 2.05) is 5.41 Å². The summed E-state index contributed by atoms with van der Waals surface area (Å²) in [5.41, 5.74) is 2.93. The van der Waals surface area contributed by atoms with Crippen LogP contribution in [0.15, 0.2) is 35.1 Å². The molecule has 0 amide bonds. The van der Waals surface area contributed by atoms with Crippen LogP contribution in [0.4, 0.5) is 0 Å². The summed E-state index contributed by atoms with van der Waals surface area (Å²) >= 11 is 1.70. The Labute approximate surface area is 91.4 Å². The van der Waals surface area contributed by atoms with E-state index in [9.17, 15) is 0 Å². The lowest BCUT2D eigenvalue weighted by atomic mass is 9.87. The molecular weight excluding hydrogens is 188 g/mol. The highest BCUT2D eigenvalue weighted by molar-refractivity contribution is 8.02. The first kappa shape index (κ1) is 11.4. The van der Waals surface area contributed by atoms with Gasteiger partial charge in [-0.3, -0.25) is 0 Å². The van der Waals surface area contributed by atoms with Gasteiger partial charge < -0.3 is 0 Å². The number of rotatable bonds is 2. The van der Waals surface area contributed by atoms with Crippen LogP contribution < -0.4 is 0 Å². The second-order valence-corrected chi connectivity index (χ2v) is 5.52. The molecule has 14 heavy (non-hydrogen) atoms. The molecule has 0 aromatic heterocycles. The molecule has 1 heteroatoms. The summed E-state index contributed by atoms with van der Waals surface area (Å²) in [6, 6.07) is 6.66. The van der Waals surface area contributed by atoms with Crippen molar-refractivity contribution >= 4 is 11.8 Å². The Balaban J connectivity index is 3.12. The fourth-order valence-corrected chi connectivity index (χ4v) is 1.91. The SMILES string of the molecule is C=CSc1cc(C(C)(C)C)ccc1C. The molecule has 0 atom stereocenters. The third kappa shape index (κ3) is 2.65. The van der Waals surface area contributed by atoms with Crippen molar-refractivity contribution < 1.29 is 0 Å². The molecule has 0 aliphatic carbocycles. The molecule has 0 aliphatic heterocycles. The largest absolute Gasteiger partial charge is 0.0984 e. The Morgan fingerprint density at radius 2 is 1.93 bits per heavy atom. The van der Waals surface area contributed by atoms with Crippen LogP contribution in [0.3, 0.4) is 0 Å². The van der Waals surface area contributed by atoms with E-state index in [1.165, 1.54) is 16.0 Å². The lowest BCUT2D eigenvalue weighted by molar-refractivity contribution is 0.588. The van der Waals surface area contributed by atoms with Gasteiger partial charge in [-0.1, -0.05) is 51.2 Å². The molecule has 0 saturated heterocycles. The zero-order valence-electron chi connectivity index (χ0n) is 9.42. The van der Waals surface area contributed by atoms with Gasteiger partial charge in [0, 0.05) is 4.90 Å². The van der Waals surface area contributed by atoms with Gasteiger partial charge in [0.05, 0.1) is 0 Å². The van der Waals surface area contributed by atoms with E-state index in [4.69, 9.17) is 0 Å². The fraction of sp³-hybridized carbons (Fsp3) is 0.385. The van der Waals surface area contributed by atoms with Crippen LogP contribution in [0, 0.1) is 6.92 Å². The van der Waals surface area contributed by atoms with E-state index >= 15 is 0 Å². The van der Waals surface area contributed by atoms with E-state index in [0.717, 1.165) is 0 Å². The van der Waals surface area contributed by atoms with Crippen molar-refractivity contribution in [3.63, 3.8) is 0 Å². The topological polar surface area (TPSA) is 0 Å². The molecular formula is C13H18S. The van der Waals surface area contributed by atoms with Gasteiger partial charge in [0.1, 0.15) is 0 Å². The van der Waals surface area contributed by atoms with Gasteiger partial charge >= 0.3 is 0 Å². The van der Waals surface area contributed by atoms with E-state index in [2.05, 4.69) is 52.5 Å². The first-order valence-electron chi connectivity index (χ1n) is 4.84. The van der Waals surface area contributed by atoms with E-state index in [0.29, 0.717) is 0 Å². The molecule has 1 aromatic rings. The molecule has 1 rings (SSSR count). The standard InChI is InChI=1S/C13H18S/c1-6-14-12-9-11(13(3,4)5)8-7-10(12)2/h6-9H,1H2,2-5H3. The molecule has 0 bridgehead atoms. The highest BCUT2D eigenvalue weighted by Gasteiger charge is 2.14. The second kappa shape index (κ2) is 4.22. The fourth-order valence-electron chi connectivity index (χ4n) is 1.28. The summed E-state index contributed by atoms with van der Waals surface area (Å²) in [5, 5.41) is 1.88. The maximum atomic E-state index is 3.75. The van der Waals surface area contributed by atoms with Gasteiger partial charge in [-0.15, -0.1) is 0 Å². The summed E-state index contributed by atoms with van der Waals surface area (Å²) in [6.07, 6.45) is 0. The van der Waals surface area contributed by atoms with Crippen molar-refractivity contribution in [3.8, 4) is 0 Å². The van der Waals surface area contributed by atoms with Crippen LogP contribution in [0.25, 0.3) is 0 Å². The molecule has 0 aliphatic rings. The van der Waals surface area contributed by atoms with Crippen LogP contribution in [0.1, 0.15) is 31.9 Å². The number of hydrogen-bond donors (Lipinski definition) is 0. The van der Waals surface area contributed by atoms with Crippen LogP contribution in [0.5, 0.6) is 0 Å². The molecule has 0 unspecified atom stereocenters. The molecule has 0 nitrogen and oxygen atoms in total. The van der Waals surface area contributed by atoms with Crippen molar-refractivity contribution in [1.29, 1.82) is 0 Å². The quantitative estimate of drug-likeness (QED) is 0.641. The predicted molar refractivity (Wildman–Crippen MR) is 65.9 cm³/mol. The van der Waals surface area contributed by atoms with Gasteiger partial charge in [0.25, 0.3) is 0 Å². The zero-order valence-corrected chi connectivity index (χ0v) is 10.2. The summed E-state index contributed by atoms with van der Waals surface area (Å²) in [5.74, 6) is 0. The van der Waals surface area contributed by atoms with Gasteiger partial charge in [-0.05, 0) is 34.9 Å². The van der Waals surface area contributed by atoms with Gasteiger partial charge in [0.2, 0.25) is 0 Å². The Hall–Kier alpha value is -0.690. The number of aryl methyl sites for hydroxylation is 1. The molecule has 0 fully saturated rings.